The lowest BCUT2D eigenvalue weighted by atomic mass is 9.90. The third-order valence-corrected chi connectivity index (χ3v) is 5.25. The SMILES string of the molecule is CCC(C)C1CN(Cc2ccn(C)n2)C(C(C)CC)CN1. The zero-order valence-corrected chi connectivity index (χ0v) is 14.3. The lowest BCUT2D eigenvalue weighted by Gasteiger charge is -2.44. The van der Waals surface area contributed by atoms with Crippen LogP contribution >= 0.6 is 0 Å². The van der Waals surface area contributed by atoms with Gasteiger partial charge >= 0.3 is 0 Å². The van der Waals surface area contributed by atoms with Crippen molar-refractivity contribution < 1.29 is 0 Å². The summed E-state index contributed by atoms with van der Waals surface area (Å²) in [6.07, 6.45) is 4.52. The van der Waals surface area contributed by atoms with Gasteiger partial charge in [-0.3, -0.25) is 9.58 Å². The lowest BCUT2D eigenvalue weighted by molar-refractivity contribution is 0.0681. The fourth-order valence-electron chi connectivity index (χ4n) is 3.29. The summed E-state index contributed by atoms with van der Waals surface area (Å²) in [5, 5.41) is 8.36. The lowest BCUT2D eigenvalue weighted by Crippen LogP contribution is -2.59. The summed E-state index contributed by atoms with van der Waals surface area (Å²) in [5.41, 5.74) is 1.19. The molecular weight excluding hydrogens is 260 g/mol. The van der Waals surface area contributed by atoms with E-state index >= 15 is 0 Å². The second-order valence-electron chi connectivity index (χ2n) is 6.76. The molecule has 1 aliphatic heterocycles. The monoisotopic (exact) mass is 292 g/mol. The first-order valence-electron chi connectivity index (χ1n) is 8.51. The normalized spacial score (nSPS) is 26.7. The van der Waals surface area contributed by atoms with Gasteiger partial charge < -0.3 is 5.32 Å². The zero-order valence-electron chi connectivity index (χ0n) is 14.3. The fourth-order valence-corrected chi connectivity index (χ4v) is 3.29. The maximum atomic E-state index is 4.57. The van der Waals surface area contributed by atoms with Gasteiger partial charge in [-0.15, -0.1) is 0 Å². The van der Waals surface area contributed by atoms with Crippen LogP contribution in [0.25, 0.3) is 0 Å². The molecule has 2 rings (SSSR count). The van der Waals surface area contributed by atoms with Crippen molar-refractivity contribution in [3.8, 4) is 0 Å². The van der Waals surface area contributed by atoms with E-state index in [-0.39, 0.29) is 0 Å². The maximum absolute atomic E-state index is 4.57. The molecule has 1 fully saturated rings. The van der Waals surface area contributed by atoms with Crippen LogP contribution in [0.15, 0.2) is 12.3 Å². The largest absolute Gasteiger partial charge is 0.311 e. The molecule has 2 heterocycles. The van der Waals surface area contributed by atoms with Crippen molar-refractivity contribution in [3.63, 3.8) is 0 Å². The van der Waals surface area contributed by atoms with E-state index in [0.717, 1.165) is 31.5 Å². The minimum Gasteiger partial charge on any atom is -0.311 e. The molecule has 4 atom stereocenters. The molecule has 0 aliphatic carbocycles. The molecule has 4 unspecified atom stereocenters. The van der Waals surface area contributed by atoms with E-state index in [2.05, 4.69) is 49.1 Å². The van der Waals surface area contributed by atoms with Crippen LogP contribution in [0.1, 0.15) is 46.2 Å². The van der Waals surface area contributed by atoms with E-state index in [9.17, 15) is 0 Å². The average Bonchev–Trinajstić information content (AvgIpc) is 2.90. The molecule has 1 aliphatic rings. The van der Waals surface area contributed by atoms with E-state index in [0.29, 0.717) is 12.1 Å². The van der Waals surface area contributed by atoms with Crippen molar-refractivity contribution in [1.82, 2.24) is 20.0 Å². The number of aryl methyl sites for hydroxylation is 1. The van der Waals surface area contributed by atoms with Crippen molar-refractivity contribution in [1.29, 1.82) is 0 Å². The van der Waals surface area contributed by atoms with Gasteiger partial charge in [-0.25, -0.2) is 0 Å². The summed E-state index contributed by atoms with van der Waals surface area (Å²) >= 11 is 0. The quantitative estimate of drug-likeness (QED) is 0.875. The molecule has 21 heavy (non-hydrogen) atoms. The highest BCUT2D eigenvalue weighted by Gasteiger charge is 2.32. The van der Waals surface area contributed by atoms with Crippen molar-refractivity contribution in [2.24, 2.45) is 18.9 Å². The number of rotatable bonds is 6. The number of nitrogens with zero attached hydrogens (tertiary/aromatic N) is 3. The Balaban J connectivity index is 2.08. The van der Waals surface area contributed by atoms with Crippen molar-refractivity contribution in [2.75, 3.05) is 13.1 Å². The molecule has 0 bridgehead atoms. The summed E-state index contributed by atoms with van der Waals surface area (Å²) in [5.74, 6) is 1.45. The molecule has 0 amide bonds. The van der Waals surface area contributed by atoms with Crippen LogP contribution in [0.5, 0.6) is 0 Å². The van der Waals surface area contributed by atoms with E-state index in [1.165, 1.54) is 18.5 Å². The number of hydrogen-bond acceptors (Lipinski definition) is 3. The van der Waals surface area contributed by atoms with Crippen molar-refractivity contribution in [3.05, 3.63) is 18.0 Å². The van der Waals surface area contributed by atoms with Gasteiger partial charge in [-0.1, -0.05) is 40.5 Å². The molecule has 1 N–H and O–H groups in total. The van der Waals surface area contributed by atoms with Crippen LogP contribution in [0.3, 0.4) is 0 Å². The zero-order chi connectivity index (χ0) is 15.4. The van der Waals surface area contributed by atoms with Gasteiger partial charge in [0.05, 0.1) is 5.69 Å². The van der Waals surface area contributed by atoms with Crippen LogP contribution in [-0.4, -0.2) is 39.9 Å². The Morgan fingerprint density at radius 2 is 2.00 bits per heavy atom. The van der Waals surface area contributed by atoms with Gasteiger partial charge in [0.15, 0.2) is 0 Å². The Bertz CT molecular complexity index is 428. The summed E-state index contributed by atoms with van der Waals surface area (Å²) in [4.78, 5) is 2.66. The van der Waals surface area contributed by atoms with Gasteiger partial charge in [-0.05, 0) is 17.9 Å². The number of piperazine rings is 1. The van der Waals surface area contributed by atoms with Crippen LogP contribution in [0.2, 0.25) is 0 Å². The van der Waals surface area contributed by atoms with E-state index in [4.69, 9.17) is 0 Å². The van der Waals surface area contributed by atoms with Crippen LogP contribution in [-0.2, 0) is 13.6 Å². The number of nitrogens with one attached hydrogen (secondary N) is 1. The van der Waals surface area contributed by atoms with Crippen LogP contribution in [0.4, 0.5) is 0 Å². The van der Waals surface area contributed by atoms with Crippen molar-refractivity contribution in [2.45, 2.75) is 59.2 Å². The molecule has 1 aromatic rings. The topological polar surface area (TPSA) is 33.1 Å². The molecule has 0 saturated carbocycles. The summed E-state index contributed by atoms with van der Waals surface area (Å²) in [6.45, 7) is 12.5. The summed E-state index contributed by atoms with van der Waals surface area (Å²) in [7, 11) is 2.00. The molecule has 4 nitrogen and oxygen atoms in total. The Morgan fingerprint density at radius 1 is 1.29 bits per heavy atom. The van der Waals surface area contributed by atoms with Gasteiger partial charge in [0.2, 0.25) is 0 Å². The van der Waals surface area contributed by atoms with E-state index < -0.39 is 0 Å². The third kappa shape index (κ3) is 4.07. The second kappa shape index (κ2) is 7.41. The first kappa shape index (κ1) is 16.5. The molecule has 0 radical (unpaired) electrons. The standard InChI is InChI=1S/C17H32N4/c1-6-13(3)16-12-21(11-15-8-9-20(5)19-15)17(10-18-16)14(4)7-2/h8-9,13-14,16-18H,6-7,10-12H2,1-5H3. The number of hydrogen-bond donors (Lipinski definition) is 1. The van der Waals surface area contributed by atoms with Gasteiger partial charge in [0, 0.05) is 45.0 Å². The highest BCUT2D eigenvalue weighted by molar-refractivity contribution is 5.01. The summed E-state index contributed by atoms with van der Waals surface area (Å²) < 4.78 is 1.90. The highest BCUT2D eigenvalue weighted by atomic mass is 15.3. The third-order valence-electron chi connectivity index (χ3n) is 5.25. The Hall–Kier alpha value is -0.870. The smallest absolute Gasteiger partial charge is 0.0764 e. The number of aromatic nitrogens is 2. The minimum absolute atomic E-state index is 0.610. The molecule has 4 heteroatoms. The molecule has 1 saturated heterocycles. The molecule has 1 aromatic heterocycles. The Kier molecular flexibility index (Phi) is 5.82. The minimum atomic E-state index is 0.610. The van der Waals surface area contributed by atoms with Crippen LogP contribution in [0, 0.1) is 11.8 Å². The maximum Gasteiger partial charge on any atom is 0.0764 e. The molecule has 0 spiro atoms. The highest BCUT2D eigenvalue weighted by Crippen LogP contribution is 2.23. The van der Waals surface area contributed by atoms with E-state index in [1.54, 1.807) is 0 Å². The van der Waals surface area contributed by atoms with Crippen LogP contribution < -0.4 is 5.32 Å². The van der Waals surface area contributed by atoms with Crippen molar-refractivity contribution >= 4 is 0 Å². The average molecular weight is 292 g/mol. The fraction of sp³-hybridized carbons (Fsp3) is 0.824. The van der Waals surface area contributed by atoms with Gasteiger partial charge in [0.1, 0.15) is 0 Å². The predicted octanol–water partition coefficient (Wildman–Crippen LogP) is 2.65. The first-order chi connectivity index (χ1) is 10.0. The first-order valence-corrected chi connectivity index (χ1v) is 8.51. The molecular formula is C17H32N4. The van der Waals surface area contributed by atoms with E-state index in [1.807, 2.05) is 17.9 Å². The van der Waals surface area contributed by atoms with Gasteiger partial charge in [0.25, 0.3) is 0 Å². The predicted molar refractivity (Wildman–Crippen MR) is 88.1 cm³/mol. The molecule has 0 aromatic carbocycles. The second-order valence-corrected chi connectivity index (χ2v) is 6.76. The Labute approximate surface area is 129 Å². The molecule has 120 valence electrons. The van der Waals surface area contributed by atoms with Gasteiger partial charge in [-0.2, -0.15) is 5.10 Å². The summed E-state index contributed by atoms with van der Waals surface area (Å²) in [6, 6.07) is 3.38. The Morgan fingerprint density at radius 3 is 2.57 bits per heavy atom.